The number of carbonyl (C=O) groups excluding carboxylic acids is 6. The van der Waals surface area contributed by atoms with Crippen molar-refractivity contribution < 1.29 is 42.6 Å². The van der Waals surface area contributed by atoms with Gasteiger partial charge in [-0.1, -0.05) is 26.0 Å². The van der Waals surface area contributed by atoms with Crippen molar-refractivity contribution >= 4 is 41.3 Å². The number of ketones is 1. The molecule has 1 heterocycles. The van der Waals surface area contributed by atoms with Crippen LogP contribution in [0.5, 0.6) is 0 Å². The fraction of sp³-hybridized carbons (Fsp3) is 0.556. The van der Waals surface area contributed by atoms with Gasteiger partial charge in [-0.3, -0.25) is 24.0 Å². The summed E-state index contributed by atoms with van der Waals surface area (Å²) in [5, 5.41) is 9.75. The average Bonchev–Trinajstić information content (AvgIpc) is 2.88. The Labute approximate surface area is 232 Å². The summed E-state index contributed by atoms with van der Waals surface area (Å²) in [4.78, 5) is 75.3. The quantitative estimate of drug-likeness (QED) is 0.220. The number of benzene rings is 1. The number of piperidine rings is 1. The summed E-state index contributed by atoms with van der Waals surface area (Å²) in [7, 11) is 0. The zero-order valence-electron chi connectivity index (χ0n) is 23.1. The van der Waals surface area contributed by atoms with Gasteiger partial charge in [0.1, 0.15) is 11.9 Å². The first-order valence-electron chi connectivity index (χ1n) is 13.2. The first-order chi connectivity index (χ1) is 18.9. The van der Waals surface area contributed by atoms with E-state index in [-0.39, 0.29) is 30.4 Å². The SMILES string of the molecule is CC(C)C[C@H](NC(=O)C(=O)Nc1ccccc1F)C(=O)N[C@@H](CC1CCCNC1=O)C(=O)COC(=O)OC(C)C. The van der Waals surface area contributed by atoms with E-state index < -0.39 is 66.2 Å². The fourth-order valence-electron chi connectivity index (χ4n) is 4.01. The summed E-state index contributed by atoms with van der Waals surface area (Å²) in [5.41, 5.74) is -0.208. The Morgan fingerprint density at radius 3 is 2.35 bits per heavy atom. The molecule has 0 bridgehead atoms. The molecule has 4 N–H and O–H groups in total. The van der Waals surface area contributed by atoms with E-state index in [0.29, 0.717) is 19.4 Å². The molecule has 4 amide bonds. The van der Waals surface area contributed by atoms with E-state index in [9.17, 15) is 33.2 Å². The van der Waals surface area contributed by atoms with Gasteiger partial charge < -0.3 is 30.7 Å². The Morgan fingerprint density at radius 1 is 1.02 bits per heavy atom. The second-order valence-corrected chi connectivity index (χ2v) is 10.2. The van der Waals surface area contributed by atoms with Crippen LogP contribution in [0.15, 0.2) is 24.3 Å². The monoisotopic (exact) mass is 564 g/mol. The molecule has 1 saturated heterocycles. The molecular weight excluding hydrogens is 527 g/mol. The molecule has 0 spiro atoms. The van der Waals surface area contributed by atoms with Gasteiger partial charge in [0.2, 0.25) is 11.8 Å². The minimum atomic E-state index is -1.24. The highest BCUT2D eigenvalue weighted by molar-refractivity contribution is 6.40. The number of halogens is 1. The number of nitrogens with one attached hydrogen (secondary N) is 4. The molecule has 1 fully saturated rings. The van der Waals surface area contributed by atoms with Gasteiger partial charge in [-0.05, 0) is 57.6 Å². The molecule has 13 heteroatoms. The molecule has 0 radical (unpaired) electrons. The van der Waals surface area contributed by atoms with Gasteiger partial charge >= 0.3 is 18.0 Å². The number of Topliss-reactive ketones (excluding diaryl/α,β-unsaturated/α-hetero) is 1. The van der Waals surface area contributed by atoms with Crippen molar-refractivity contribution in [3.8, 4) is 0 Å². The molecule has 1 unspecified atom stereocenters. The van der Waals surface area contributed by atoms with Gasteiger partial charge in [-0.25, -0.2) is 9.18 Å². The first kappa shape index (κ1) is 32.2. The topological polar surface area (TPSA) is 169 Å². The predicted octanol–water partition coefficient (Wildman–Crippen LogP) is 1.83. The molecule has 220 valence electrons. The largest absolute Gasteiger partial charge is 0.508 e. The summed E-state index contributed by atoms with van der Waals surface area (Å²) in [6.45, 7) is 6.57. The zero-order valence-corrected chi connectivity index (χ0v) is 23.1. The van der Waals surface area contributed by atoms with Crippen molar-refractivity contribution in [3.63, 3.8) is 0 Å². The number of para-hydroxylation sites is 1. The molecule has 1 aliphatic heterocycles. The van der Waals surface area contributed by atoms with Crippen LogP contribution in [0.3, 0.4) is 0 Å². The Balaban J connectivity index is 2.14. The molecule has 2 rings (SSSR count). The Morgan fingerprint density at radius 2 is 1.73 bits per heavy atom. The smallest absolute Gasteiger partial charge is 0.432 e. The summed E-state index contributed by atoms with van der Waals surface area (Å²) in [6, 6.07) is 2.81. The number of rotatable bonds is 12. The Hall–Kier alpha value is -4.03. The van der Waals surface area contributed by atoms with Crippen molar-refractivity contribution in [2.45, 2.75) is 71.6 Å². The van der Waals surface area contributed by atoms with E-state index in [0.717, 1.165) is 6.07 Å². The molecule has 12 nitrogen and oxygen atoms in total. The van der Waals surface area contributed by atoms with Crippen LogP contribution in [0.25, 0.3) is 0 Å². The van der Waals surface area contributed by atoms with Gasteiger partial charge in [0.25, 0.3) is 0 Å². The van der Waals surface area contributed by atoms with Gasteiger partial charge in [0, 0.05) is 12.5 Å². The van der Waals surface area contributed by atoms with Crippen LogP contribution in [-0.4, -0.2) is 66.9 Å². The Kier molecular flexibility index (Phi) is 12.5. The molecule has 40 heavy (non-hydrogen) atoms. The number of hydrogen-bond donors (Lipinski definition) is 4. The second kappa shape index (κ2) is 15.5. The van der Waals surface area contributed by atoms with Crippen LogP contribution in [0.4, 0.5) is 14.9 Å². The highest BCUT2D eigenvalue weighted by Gasteiger charge is 2.33. The van der Waals surface area contributed by atoms with Gasteiger partial charge in [-0.15, -0.1) is 0 Å². The number of carbonyl (C=O) groups is 6. The van der Waals surface area contributed by atoms with Crippen LogP contribution < -0.4 is 21.3 Å². The molecule has 1 aliphatic rings. The van der Waals surface area contributed by atoms with Crippen molar-refractivity contribution in [2.75, 3.05) is 18.5 Å². The van der Waals surface area contributed by atoms with Crippen LogP contribution >= 0.6 is 0 Å². The number of ether oxygens (including phenoxy) is 2. The molecule has 1 aromatic carbocycles. The van der Waals surface area contributed by atoms with E-state index in [4.69, 9.17) is 9.47 Å². The lowest BCUT2D eigenvalue weighted by Gasteiger charge is -2.28. The Bertz CT molecular complexity index is 1090. The third kappa shape index (κ3) is 10.6. The second-order valence-electron chi connectivity index (χ2n) is 10.2. The number of anilines is 1. The standard InChI is InChI=1S/C27H37FN4O8/c1-15(2)12-21(32-26(37)25(36)30-19-10-6-5-9-18(19)28)24(35)31-20(13-17-8-7-11-29-23(17)34)22(33)14-39-27(38)40-16(3)4/h5-6,9-10,15-17,20-21H,7-8,11-14H2,1-4H3,(H,29,34)(H,30,36)(H,31,35)(H,32,37)/t17?,20-,21-/m0/s1. The average molecular weight is 565 g/mol. The molecule has 1 aromatic rings. The number of hydrogen-bond acceptors (Lipinski definition) is 8. The highest BCUT2D eigenvalue weighted by atomic mass is 19.1. The number of amides is 4. The fourth-order valence-corrected chi connectivity index (χ4v) is 4.01. The minimum absolute atomic E-state index is 0.0604. The predicted molar refractivity (Wildman–Crippen MR) is 141 cm³/mol. The van der Waals surface area contributed by atoms with Crippen LogP contribution in [0.2, 0.25) is 0 Å². The van der Waals surface area contributed by atoms with Crippen LogP contribution in [0, 0.1) is 17.7 Å². The third-order valence-corrected chi connectivity index (χ3v) is 5.95. The molecular formula is C27H37FN4O8. The van der Waals surface area contributed by atoms with E-state index in [1.807, 2.05) is 0 Å². The van der Waals surface area contributed by atoms with Crippen LogP contribution in [0.1, 0.15) is 53.4 Å². The molecule has 0 aromatic heterocycles. The van der Waals surface area contributed by atoms with E-state index >= 15 is 0 Å². The molecule has 0 aliphatic carbocycles. The summed E-state index contributed by atoms with van der Waals surface area (Å²) in [6.07, 6.45) is -0.313. The maximum atomic E-state index is 13.9. The maximum Gasteiger partial charge on any atom is 0.508 e. The molecule has 3 atom stereocenters. The van der Waals surface area contributed by atoms with Crippen molar-refractivity contribution in [3.05, 3.63) is 30.1 Å². The van der Waals surface area contributed by atoms with Gasteiger partial charge in [-0.2, -0.15) is 0 Å². The van der Waals surface area contributed by atoms with Crippen LogP contribution in [-0.2, 0) is 33.4 Å². The third-order valence-electron chi connectivity index (χ3n) is 5.95. The normalized spacial score (nSPS) is 16.4. The summed E-state index contributed by atoms with van der Waals surface area (Å²) in [5.74, 6) is -5.52. The van der Waals surface area contributed by atoms with E-state index in [1.54, 1.807) is 27.7 Å². The van der Waals surface area contributed by atoms with Gasteiger partial charge in [0.15, 0.2) is 12.4 Å². The highest BCUT2D eigenvalue weighted by Crippen LogP contribution is 2.19. The maximum absolute atomic E-state index is 13.9. The molecule has 0 saturated carbocycles. The van der Waals surface area contributed by atoms with Crippen molar-refractivity contribution in [1.29, 1.82) is 0 Å². The van der Waals surface area contributed by atoms with E-state index in [1.165, 1.54) is 18.2 Å². The summed E-state index contributed by atoms with van der Waals surface area (Å²) >= 11 is 0. The van der Waals surface area contributed by atoms with Crippen molar-refractivity contribution in [1.82, 2.24) is 16.0 Å². The minimum Gasteiger partial charge on any atom is -0.432 e. The lowest BCUT2D eigenvalue weighted by molar-refractivity contribution is -0.139. The van der Waals surface area contributed by atoms with E-state index in [2.05, 4.69) is 21.3 Å². The van der Waals surface area contributed by atoms with Gasteiger partial charge in [0.05, 0.1) is 17.8 Å². The summed E-state index contributed by atoms with van der Waals surface area (Å²) < 4.78 is 23.6. The zero-order chi connectivity index (χ0) is 29.8. The lowest BCUT2D eigenvalue weighted by Crippen LogP contribution is -2.55. The first-order valence-corrected chi connectivity index (χ1v) is 13.2. The lowest BCUT2D eigenvalue weighted by atomic mass is 9.90. The van der Waals surface area contributed by atoms with Crippen molar-refractivity contribution in [2.24, 2.45) is 11.8 Å².